The van der Waals surface area contributed by atoms with Crippen LogP contribution in [0.1, 0.15) is 18.5 Å². The molecule has 27 heavy (non-hydrogen) atoms. The van der Waals surface area contributed by atoms with E-state index in [1.807, 2.05) is 0 Å². The Kier molecular flexibility index (Phi) is 6.37. The molecular weight excluding hydrogens is 378 g/mol. The third kappa shape index (κ3) is 5.16. The van der Waals surface area contributed by atoms with Gasteiger partial charge in [0.15, 0.2) is 0 Å². The van der Waals surface area contributed by atoms with Gasteiger partial charge in [0.05, 0.1) is 25.1 Å². The van der Waals surface area contributed by atoms with Crippen LogP contribution in [-0.4, -0.2) is 34.2 Å². The van der Waals surface area contributed by atoms with Gasteiger partial charge in [-0.15, -0.1) is 0 Å². The van der Waals surface area contributed by atoms with Gasteiger partial charge in [-0.25, -0.2) is 17.2 Å². The topological polar surface area (TPSA) is 75.7 Å². The first kappa shape index (κ1) is 20.6. The number of amides is 1. The number of hydrogen-bond acceptors (Lipinski definition) is 4. The highest BCUT2D eigenvalue weighted by atomic mass is 32.2. The molecule has 0 aromatic heterocycles. The molecular formula is C18H20F2N2O4S. The third-order valence-corrected chi connectivity index (χ3v) is 4.98. The number of halogens is 2. The number of nitrogens with one attached hydrogen (secondary N) is 1. The minimum absolute atomic E-state index is 0.404. The van der Waals surface area contributed by atoms with Crippen LogP contribution in [0.2, 0.25) is 0 Å². The lowest BCUT2D eigenvalue weighted by molar-refractivity contribution is -0.120. The maximum Gasteiger partial charge on any atom is 0.241 e. The van der Waals surface area contributed by atoms with Gasteiger partial charge in [-0.05, 0) is 25.1 Å². The van der Waals surface area contributed by atoms with Crippen LogP contribution >= 0.6 is 0 Å². The second-order valence-corrected chi connectivity index (χ2v) is 7.80. The lowest BCUT2D eigenvalue weighted by Crippen LogP contribution is -2.41. The van der Waals surface area contributed by atoms with E-state index in [1.165, 1.54) is 7.11 Å². The fourth-order valence-electron chi connectivity index (χ4n) is 2.58. The Labute approximate surface area is 156 Å². The Morgan fingerprint density at radius 1 is 1.22 bits per heavy atom. The first-order valence-corrected chi connectivity index (χ1v) is 9.83. The highest BCUT2D eigenvalue weighted by Gasteiger charge is 2.25. The van der Waals surface area contributed by atoms with Crippen molar-refractivity contribution >= 4 is 21.6 Å². The molecule has 6 nitrogen and oxygen atoms in total. The van der Waals surface area contributed by atoms with Crippen molar-refractivity contribution in [1.29, 1.82) is 0 Å². The molecule has 0 aliphatic heterocycles. The van der Waals surface area contributed by atoms with E-state index >= 15 is 0 Å². The van der Waals surface area contributed by atoms with E-state index in [0.29, 0.717) is 21.7 Å². The van der Waals surface area contributed by atoms with E-state index in [0.717, 1.165) is 18.4 Å². The van der Waals surface area contributed by atoms with Crippen molar-refractivity contribution in [2.45, 2.75) is 13.0 Å². The van der Waals surface area contributed by atoms with Crippen molar-refractivity contribution in [3.63, 3.8) is 0 Å². The van der Waals surface area contributed by atoms with E-state index in [2.05, 4.69) is 5.32 Å². The maximum atomic E-state index is 14.0. The second-order valence-electron chi connectivity index (χ2n) is 5.90. The molecule has 0 unspecified atom stereocenters. The van der Waals surface area contributed by atoms with Crippen LogP contribution in [0.4, 0.5) is 14.5 Å². The lowest BCUT2D eigenvalue weighted by Gasteiger charge is -2.24. The van der Waals surface area contributed by atoms with Crippen LogP contribution in [0.5, 0.6) is 5.75 Å². The molecule has 0 aliphatic carbocycles. The molecule has 146 valence electrons. The van der Waals surface area contributed by atoms with Crippen LogP contribution < -0.4 is 14.4 Å². The SMILES string of the molecule is COc1ccccc1[C@H](C)NC(=O)CN(c1ccc(F)cc1F)S(C)(=O)=O. The number of methoxy groups -OCH3 is 1. The molecule has 0 saturated heterocycles. The van der Waals surface area contributed by atoms with Gasteiger partial charge in [0.1, 0.15) is 23.9 Å². The molecule has 0 heterocycles. The van der Waals surface area contributed by atoms with Crippen molar-refractivity contribution in [2.75, 3.05) is 24.2 Å². The van der Waals surface area contributed by atoms with E-state index in [9.17, 15) is 22.0 Å². The maximum absolute atomic E-state index is 14.0. The first-order chi connectivity index (χ1) is 12.6. The third-order valence-electron chi connectivity index (χ3n) is 3.85. The summed E-state index contributed by atoms with van der Waals surface area (Å²) in [5.41, 5.74) is 0.297. The molecule has 1 N–H and O–H groups in total. The van der Waals surface area contributed by atoms with Crippen molar-refractivity contribution in [2.24, 2.45) is 0 Å². The minimum atomic E-state index is -3.98. The van der Waals surface area contributed by atoms with Gasteiger partial charge in [-0.2, -0.15) is 0 Å². The minimum Gasteiger partial charge on any atom is -0.496 e. The molecule has 1 atom stereocenters. The molecule has 9 heteroatoms. The quantitative estimate of drug-likeness (QED) is 0.778. The number of benzene rings is 2. The highest BCUT2D eigenvalue weighted by Crippen LogP contribution is 2.25. The number of ether oxygens (including phenoxy) is 1. The van der Waals surface area contributed by atoms with Crippen LogP contribution in [-0.2, 0) is 14.8 Å². The molecule has 2 aromatic carbocycles. The van der Waals surface area contributed by atoms with E-state index in [-0.39, 0.29) is 0 Å². The summed E-state index contributed by atoms with van der Waals surface area (Å²) >= 11 is 0. The van der Waals surface area contributed by atoms with Crippen molar-refractivity contribution in [3.8, 4) is 5.75 Å². The van der Waals surface area contributed by atoms with Crippen molar-refractivity contribution < 1.29 is 26.7 Å². The van der Waals surface area contributed by atoms with Crippen molar-refractivity contribution in [1.82, 2.24) is 5.32 Å². The normalized spacial score (nSPS) is 12.3. The van der Waals surface area contributed by atoms with Gasteiger partial charge in [-0.3, -0.25) is 9.10 Å². The molecule has 1 amide bonds. The summed E-state index contributed by atoms with van der Waals surface area (Å²) in [5.74, 6) is -2.01. The fraction of sp³-hybridized carbons (Fsp3) is 0.278. The van der Waals surface area contributed by atoms with Crippen LogP contribution in [0, 0.1) is 11.6 Å². The Bertz CT molecular complexity index is 935. The first-order valence-electron chi connectivity index (χ1n) is 7.98. The van der Waals surface area contributed by atoms with Gasteiger partial charge < -0.3 is 10.1 Å². The number of rotatable bonds is 7. The standard InChI is InChI=1S/C18H20F2N2O4S/c1-12(14-6-4-5-7-17(14)26-2)21-18(23)11-22(27(3,24)25)16-9-8-13(19)10-15(16)20/h4-10,12H,11H2,1-3H3,(H,21,23)/t12-/m0/s1. The van der Waals surface area contributed by atoms with Gasteiger partial charge in [0, 0.05) is 11.6 Å². The van der Waals surface area contributed by atoms with Crippen LogP contribution in [0.3, 0.4) is 0 Å². The highest BCUT2D eigenvalue weighted by molar-refractivity contribution is 7.92. The Hall–Kier alpha value is -2.68. The number of carbonyl (C=O) groups is 1. The predicted molar refractivity (Wildman–Crippen MR) is 98.1 cm³/mol. The summed E-state index contributed by atoms with van der Waals surface area (Å²) in [6.45, 7) is 1.06. The van der Waals surface area contributed by atoms with Crippen LogP contribution in [0.25, 0.3) is 0 Å². The van der Waals surface area contributed by atoms with Gasteiger partial charge >= 0.3 is 0 Å². The molecule has 2 rings (SSSR count). The molecule has 0 aliphatic rings. The second kappa shape index (κ2) is 8.34. The average Bonchev–Trinajstić information content (AvgIpc) is 2.59. The van der Waals surface area contributed by atoms with E-state index in [1.54, 1.807) is 31.2 Å². The molecule has 0 bridgehead atoms. The zero-order valence-electron chi connectivity index (χ0n) is 15.1. The van der Waals surface area contributed by atoms with Crippen LogP contribution in [0.15, 0.2) is 42.5 Å². The Balaban J connectivity index is 2.22. The number of sulfonamides is 1. The van der Waals surface area contributed by atoms with Gasteiger partial charge in [0.2, 0.25) is 15.9 Å². The zero-order chi connectivity index (χ0) is 20.2. The van der Waals surface area contributed by atoms with Gasteiger partial charge in [-0.1, -0.05) is 18.2 Å². The summed E-state index contributed by atoms with van der Waals surface area (Å²) in [6.07, 6.45) is 0.840. The zero-order valence-corrected chi connectivity index (χ0v) is 15.9. The number of hydrogen-bond donors (Lipinski definition) is 1. The summed E-state index contributed by atoms with van der Waals surface area (Å²) in [7, 11) is -2.48. The number of nitrogens with zero attached hydrogens (tertiary/aromatic N) is 1. The monoisotopic (exact) mass is 398 g/mol. The lowest BCUT2D eigenvalue weighted by atomic mass is 10.1. The average molecular weight is 398 g/mol. The molecule has 0 fully saturated rings. The Morgan fingerprint density at radius 3 is 2.48 bits per heavy atom. The molecule has 0 radical (unpaired) electrons. The number of anilines is 1. The molecule has 0 saturated carbocycles. The largest absolute Gasteiger partial charge is 0.496 e. The summed E-state index contributed by atoms with van der Waals surface area (Å²) < 4.78 is 57.0. The predicted octanol–water partition coefficient (Wildman–Crippen LogP) is 2.62. The fourth-order valence-corrected chi connectivity index (χ4v) is 3.44. The molecule has 2 aromatic rings. The Morgan fingerprint density at radius 2 is 1.89 bits per heavy atom. The summed E-state index contributed by atoms with van der Waals surface area (Å²) in [4.78, 5) is 12.4. The summed E-state index contributed by atoms with van der Waals surface area (Å²) in [5, 5.41) is 2.65. The van der Waals surface area contributed by atoms with E-state index < -0.39 is 45.8 Å². The van der Waals surface area contributed by atoms with Gasteiger partial charge in [0.25, 0.3) is 0 Å². The smallest absolute Gasteiger partial charge is 0.241 e. The van der Waals surface area contributed by atoms with E-state index in [4.69, 9.17) is 4.74 Å². The van der Waals surface area contributed by atoms with Crippen molar-refractivity contribution in [3.05, 3.63) is 59.7 Å². The number of para-hydroxylation sites is 1. The summed E-state index contributed by atoms with van der Waals surface area (Å²) in [6, 6.07) is 9.02. The number of carbonyl (C=O) groups excluding carboxylic acids is 1. The molecule has 0 spiro atoms.